The van der Waals surface area contributed by atoms with Gasteiger partial charge in [0.1, 0.15) is 0 Å². The van der Waals surface area contributed by atoms with E-state index in [0.717, 1.165) is 34.1 Å². The first kappa shape index (κ1) is 38.0. The van der Waals surface area contributed by atoms with Crippen LogP contribution < -0.4 is 17.5 Å². The van der Waals surface area contributed by atoms with E-state index in [2.05, 4.69) is 9.98 Å². The summed E-state index contributed by atoms with van der Waals surface area (Å²) >= 11 is -5.46. The molecule has 8 rings (SSSR count). The molecule has 0 aromatic heterocycles. The SMILES string of the molecule is O=C(c1ccccc1)N(CC1=NCCO1)c1ccc(F)[c]([Ti]([C]2=CC=CC2)([C]2=CC=CC2)[c]2c(F)ccc(N(CC3=NCCO3)C(=O)c3ccccc3)c2F)c1F. The van der Waals surface area contributed by atoms with Gasteiger partial charge in [-0.1, -0.05) is 0 Å². The molecule has 4 aliphatic rings. The van der Waals surface area contributed by atoms with Crippen LogP contribution in [0.1, 0.15) is 33.6 Å². The molecule has 57 heavy (non-hydrogen) atoms. The van der Waals surface area contributed by atoms with E-state index in [1.54, 1.807) is 97.1 Å². The Labute approximate surface area is 330 Å². The van der Waals surface area contributed by atoms with Gasteiger partial charge in [-0.25, -0.2) is 0 Å². The van der Waals surface area contributed by atoms with Crippen LogP contribution in [0.5, 0.6) is 0 Å². The van der Waals surface area contributed by atoms with Crippen LogP contribution in [0.15, 0.2) is 139 Å². The third kappa shape index (κ3) is 7.08. The Hall–Kier alpha value is -5.85. The molecule has 0 saturated carbocycles. The van der Waals surface area contributed by atoms with Crippen molar-refractivity contribution >= 4 is 42.7 Å². The van der Waals surface area contributed by atoms with Gasteiger partial charge >= 0.3 is 331 Å². The van der Waals surface area contributed by atoms with E-state index in [1.807, 2.05) is 0 Å². The van der Waals surface area contributed by atoms with Gasteiger partial charge in [0.05, 0.1) is 0 Å². The number of amides is 2. The summed E-state index contributed by atoms with van der Waals surface area (Å²) in [6.07, 6.45) is 10.7. The van der Waals surface area contributed by atoms with Gasteiger partial charge in [0, 0.05) is 0 Å². The van der Waals surface area contributed by atoms with E-state index in [1.165, 1.54) is 0 Å². The Bertz CT molecular complexity index is 2260. The van der Waals surface area contributed by atoms with Gasteiger partial charge in [-0.3, -0.25) is 0 Å². The molecular formula is C44H36F4N4O4Ti. The van der Waals surface area contributed by atoms with Crippen molar-refractivity contribution < 1.29 is 53.2 Å². The predicted octanol–water partition coefficient (Wildman–Crippen LogP) is 7.19. The second kappa shape index (κ2) is 16.3. The maximum absolute atomic E-state index is 18.1. The number of hydrogen-bond donors (Lipinski definition) is 0. The number of benzene rings is 4. The fourth-order valence-corrected chi connectivity index (χ4v) is 16.1. The zero-order chi connectivity index (χ0) is 39.5. The average Bonchev–Trinajstić information content (AvgIpc) is 4.09. The van der Waals surface area contributed by atoms with E-state index in [-0.39, 0.29) is 73.4 Å². The molecule has 4 aromatic carbocycles. The van der Waals surface area contributed by atoms with Crippen LogP contribution in [0.4, 0.5) is 28.9 Å². The fraction of sp³-hybridized carbons (Fsp3) is 0.182. The predicted molar refractivity (Wildman–Crippen MR) is 208 cm³/mol. The minimum atomic E-state index is -5.46. The summed E-state index contributed by atoms with van der Waals surface area (Å²) in [6.45, 7) is 0.699. The molecule has 0 saturated heterocycles. The summed E-state index contributed by atoms with van der Waals surface area (Å²) in [5, 5.41) is 0. The van der Waals surface area contributed by atoms with Crippen molar-refractivity contribution in [1.29, 1.82) is 0 Å². The zero-order valence-electron chi connectivity index (χ0n) is 30.6. The Morgan fingerprint density at radius 1 is 0.596 bits per heavy atom. The molecule has 0 atom stereocenters. The van der Waals surface area contributed by atoms with Gasteiger partial charge < -0.3 is 0 Å². The summed E-state index contributed by atoms with van der Waals surface area (Å²) in [5.74, 6) is -5.15. The standard InChI is InChI=1S/2C17H13F2N2O2.2C5H5.Ti/c2*18-13-6-7-15(14(19)10-13)21(11-16-20-8-9-23-16)17(22)12-4-2-1-3-5-12;2*1-2-4-5-3-1;/h2*1-7H,8-9,11H2;2*1-3H,4H2;. The van der Waals surface area contributed by atoms with Gasteiger partial charge in [0.15, 0.2) is 0 Å². The van der Waals surface area contributed by atoms with E-state index in [4.69, 9.17) is 9.47 Å². The molecular weight excluding hydrogens is 772 g/mol. The van der Waals surface area contributed by atoms with Crippen molar-refractivity contribution in [2.45, 2.75) is 12.8 Å². The summed E-state index contributed by atoms with van der Waals surface area (Å²) in [6, 6.07) is 20.8. The third-order valence-corrected chi connectivity index (χ3v) is 18.3. The zero-order valence-corrected chi connectivity index (χ0v) is 32.2. The molecule has 0 bridgehead atoms. The Morgan fingerprint density at radius 2 is 1.02 bits per heavy atom. The molecule has 0 spiro atoms. The first-order chi connectivity index (χ1) is 27.8. The van der Waals surface area contributed by atoms with Crippen molar-refractivity contribution in [2.75, 3.05) is 49.2 Å². The van der Waals surface area contributed by atoms with Crippen LogP contribution in [0, 0.1) is 23.3 Å². The van der Waals surface area contributed by atoms with E-state index < -0.39 is 59.4 Å². The number of rotatable bonds is 12. The Balaban J connectivity index is 1.38. The van der Waals surface area contributed by atoms with Gasteiger partial charge in [0.25, 0.3) is 0 Å². The number of halogens is 4. The van der Waals surface area contributed by atoms with E-state index in [0.29, 0.717) is 20.8 Å². The molecule has 8 nitrogen and oxygen atoms in total. The molecule has 0 fully saturated rings. The Morgan fingerprint density at radius 3 is 1.37 bits per heavy atom. The van der Waals surface area contributed by atoms with Crippen molar-refractivity contribution in [3.05, 3.63) is 164 Å². The summed E-state index contributed by atoms with van der Waals surface area (Å²) in [7, 11) is 0. The summed E-state index contributed by atoms with van der Waals surface area (Å²) < 4.78 is 81.5. The second-order valence-corrected chi connectivity index (χ2v) is 19.6. The third-order valence-electron chi connectivity index (χ3n) is 10.4. The number of hydrogen-bond acceptors (Lipinski definition) is 6. The van der Waals surface area contributed by atoms with Crippen LogP contribution >= 0.6 is 0 Å². The number of aliphatic imine (C=N–C) groups is 2. The molecule has 0 radical (unpaired) electrons. The van der Waals surface area contributed by atoms with Crippen molar-refractivity contribution in [2.24, 2.45) is 9.98 Å². The molecule has 0 N–H and O–H groups in total. The molecule has 2 aliphatic carbocycles. The van der Waals surface area contributed by atoms with Crippen LogP contribution in [0.3, 0.4) is 0 Å². The van der Waals surface area contributed by atoms with Crippen molar-refractivity contribution in [3.8, 4) is 0 Å². The van der Waals surface area contributed by atoms with Crippen LogP contribution in [-0.4, -0.2) is 63.0 Å². The molecule has 13 heteroatoms. The number of allylic oxidation sites excluding steroid dienone is 8. The number of nitrogens with zero attached hydrogens (tertiary/aromatic N) is 4. The summed E-state index contributed by atoms with van der Waals surface area (Å²) in [5.41, 5.74) is -0.159. The number of ether oxygens (including phenoxy) is 2. The van der Waals surface area contributed by atoms with Gasteiger partial charge in [-0.2, -0.15) is 0 Å². The number of carbonyl (C=O) groups is 2. The molecule has 0 unspecified atom stereocenters. The molecule has 2 amide bonds. The average molecular weight is 809 g/mol. The molecule has 2 aliphatic heterocycles. The number of anilines is 2. The first-order valence-corrected chi connectivity index (χ1v) is 21.7. The van der Waals surface area contributed by atoms with Crippen molar-refractivity contribution in [1.82, 2.24) is 0 Å². The van der Waals surface area contributed by atoms with E-state index in [9.17, 15) is 9.59 Å². The van der Waals surface area contributed by atoms with Crippen molar-refractivity contribution in [3.63, 3.8) is 0 Å². The molecule has 288 valence electrons. The first-order valence-electron chi connectivity index (χ1n) is 18.5. The molecule has 2 heterocycles. The van der Waals surface area contributed by atoms with Gasteiger partial charge in [-0.15, -0.1) is 0 Å². The second-order valence-electron chi connectivity index (χ2n) is 13.7. The van der Waals surface area contributed by atoms with Gasteiger partial charge in [0.2, 0.25) is 0 Å². The number of carbonyl (C=O) groups excluding carboxylic acids is 2. The molecule has 4 aromatic rings. The Kier molecular flexibility index (Phi) is 10.9. The topological polar surface area (TPSA) is 83.8 Å². The van der Waals surface area contributed by atoms with E-state index >= 15 is 17.6 Å². The van der Waals surface area contributed by atoms with Gasteiger partial charge in [-0.05, 0) is 0 Å². The minimum absolute atomic E-state index is 0.165. The van der Waals surface area contributed by atoms with Crippen LogP contribution in [-0.2, 0) is 26.1 Å². The van der Waals surface area contributed by atoms with Crippen LogP contribution in [0.25, 0.3) is 0 Å². The van der Waals surface area contributed by atoms with Crippen LogP contribution in [0.2, 0.25) is 0 Å². The maximum atomic E-state index is 18.1. The monoisotopic (exact) mass is 808 g/mol. The normalized spacial score (nSPS) is 15.8. The quantitative estimate of drug-likeness (QED) is 0.112. The fourth-order valence-electron chi connectivity index (χ4n) is 7.84. The summed E-state index contributed by atoms with van der Waals surface area (Å²) in [4.78, 5) is 39.3.